The molecule has 2 aliphatic heterocycles. The Kier molecular flexibility index (Phi) is 8.80. The number of halogens is 1. The predicted molar refractivity (Wildman–Crippen MR) is 121 cm³/mol. The summed E-state index contributed by atoms with van der Waals surface area (Å²) >= 11 is 7.43. The fourth-order valence-electron chi connectivity index (χ4n) is 3.94. The van der Waals surface area contributed by atoms with Crippen molar-refractivity contribution in [1.29, 1.82) is 0 Å². The normalized spacial score (nSPS) is 29.0. The van der Waals surface area contributed by atoms with Gasteiger partial charge in [-0.3, -0.25) is 19.2 Å². The molecule has 0 N–H and O–H groups in total. The zero-order valence-corrected chi connectivity index (χ0v) is 20.7. The lowest BCUT2D eigenvalue weighted by molar-refractivity contribution is -0.299. The molecule has 2 saturated heterocycles. The number of benzene rings is 1. The SMILES string of the molecule is CO[C@H]1O[C@H](CN2C(=O)CS[C@H]2c2ccc(Cl)cc2)[C@@H](OC(C)=O)[C@H](OC(C)=O)[C@H]1OC(C)=O. The van der Waals surface area contributed by atoms with E-state index >= 15 is 0 Å². The molecule has 0 radical (unpaired) electrons. The Labute approximate surface area is 206 Å². The summed E-state index contributed by atoms with van der Waals surface area (Å²) in [6, 6.07) is 7.12. The van der Waals surface area contributed by atoms with Crippen molar-refractivity contribution >= 4 is 47.2 Å². The largest absolute Gasteiger partial charge is 0.456 e. The van der Waals surface area contributed by atoms with Gasteiger partial charge in [-0.1, -0.05) is 23.7 Å². The molecule has 2 aliphatic rings. The quantitative estimate of drug-likeness (QED) is 0.394. The lowest BCUT2D eigenvalue weighted by atomic mass is 9.97. The van der Waals surface area contributed by atoms with Crippen molar-refractivity contribution < 1.29 is 42.9 Å². The lowest BCUT2D eigenvalue weighted by Gasteiger charge is -2.45. The average molecular weight is 516 g/mol. The van der Waals surface area contributed by atoms with Crippen molar-refractivity contribution in [3.63, 3.8) is 0 Å². The molecule has 0 saturated carbocycles. The lowest BCUT2D eigenvalue weighted by Crippen LogP contribution is -2.63. The number of hydrogen-bond acceptors (Lipinski definition) is 10. The third-order valence-corrected chi connectivity index (χ3v) is 6.74. The van der Waals surface area contributed by atoms with Gasteiger partial charge in [-0.2, -0.15) is 0 Å². The van der Waals surface area contributed by atoms with Crippen LogP contribution in [0, 0.1) is 0 Å². The minimum absolute atomic E-state index is 0.00148. The van der Waals surface area contributed by atoms with E-state index in [4.69, 9.17) is 35.3 Å². The predicted octanol–water partition coefficient (Wildman–Crippen LogP) is 2.08. The molecule has 1 aromatic carbocycles. The average Bonchev–Trinajstić information content (AvgIpc) is 3.11. The molecule has 0 aromatic heterocycles. The van der Waals surface area contributed by atoms with E-state index in [1.54, 1.807) is 17.0 Å². The number of rotatable bonds is 7. The van der Waals surface area contributed by atoms with Crippen molar-refractivity contribution in [2.45, 2.75) is 56.9 Å². The maximum absolute atomic E-state index is 12.8. The molecule has 0 unspecified atom stereocenters. The van der Waals surface area contributed by atoms with Crippen molar-refractivity contribution in [1.82, 2.24) is 4.90 Å². The summed E-state index contributed by atoms with van der Waals surface area (Å²) in [4.78, 5) is 49.9. The van der Waals surface area contributed by atoms with Crippen LogP contribution >= 0.6 is 23.4 Å². The summed E-state index contributed by atoms with van der Waals surface area (Å²) < 4.78 is 27.6. The van der Waals surface area contributed by atoms with E-state index < -0.39 is 48.6 Å². The Bertz CT molecular complexity index is 927. The number of thioether (sulfide) groups is 1. The highest BCUT2D eigenvalue weighted by atomic mass is 35.5. The molecule has 0 bridgehead atoms. The van der Waals surface area contributed by atoms with Crippen LogP contribution in [0.15, 0.2) is 24.3 Å². The summed E-state index contributed by atoms with van der Waals surface area (Å²) in [6.07, 6.45) is -5.65. The van der Waals surface area contributed by atoms with Crippen LogP contribution in [0.25, 0.3) is 0 Å². The molecule has 2 fully saturated rings. The minimum atomic E-state index is -1.21. The molecule has 12 heteroatoms. The Balaban J connectivity index is 1.94. The van der Waals surface area contributed by atoms with Gasteiger partial charge in [-0.25, -0.2) is 0 Å². The number of carbonyl (C=O) groups is 4. The zero-order chi connectivity index (χ0) is 25.0. The van der Waals surface area contributed by atoms with Crippen LogP contribution in [-0.2, 0) is 42.9 Å². The van der Waals surface area contributed by atoms with E-state index in [0.717, 1.165) is 5.56 Å². The highest BCUT2D eigenvalue weighted by Gasteiger charge is 2.53. The number of nitrogens with zero attached hydrogens (tertiary/aromatic N) is 1. The first-order valence-electron chi connectivity index (χ1n) is 10.5. The summed E-state index contributed by atoms with van der Waals surface area (Å²) in [5.74, 6) is -1.90. The highest BCUT2D eigenvalue weighted by molar-refractivity contribution is 8.00. The van der Waals surface area contributed by atoms with Crippen LogP contribution < -0.4 is 0 Å². The van der Waals surface area contributed by atoms with E-state index in [-0.39, 0.29) is 23.6 Å². The van der Waals surface area contributed by atoms with Crippen molar-refractivity contribution in [2.75, 3.05) is 19.4 Å². The van der Waals surface area contributed by atoms with Crippen LogP contribution in [0.2, 0.25) is 5.02 Å². The van der Waals surface area contributed by atoms with Crippen LogP contribution in [0.3, 0.4) is 0 Å². The standard InChI is InChI=1S/C22H26ClNO9S/c1-11(25)30-18-16(33-22(29-4)20(32-13(3)27)19(18)31-12(2)26)9-24-17(28)10-34-21(24)14-5-7-15(23)8-6-14/h5-8,16,18-22H,9-10H2,1-4H3/t16-,18-,19+,20-,21+,22+/m1/s1. The number of carbonyl (C=O) groups excluding carboxylic acids is 4. The van der Waals surface area contributed by atoms with Crippen LogP contribution in [0.5, 0.6) is 0 Å². The third kappa shape index (κ3) is 6.21. The van der Waals surface area contributed by atoms with Crippen molar-refractivity contribution in [3.8, 4) is 0 Å². The van der Waals surface area contributed by atoms with Gasteiger partial charge in [0.15, 0.2) is 24.6 Å². The molecular formula is C22H26ClNO9S. The molecule has 10 nitrogen and oxygen atoms in total. The monoisotopic (exact) mass is 515 g/mol. The number of esters is 3. The van der Waals surface area contributed by atoms with Crippen LogP contribution in [0.4, 0.5) is 0 Å². The van der Waals surface area contributed by atoms with Gasteiger partial charge in [0.25, 0.3) is 0 Å². The number of amides is 1. The van der Waals surface area contributed by atoms with Crippen LogP contribution in [0.1, 0.15) is 31.7 Å². The van der Waals surface area contributed by atoms with Crippen LogP contribution in [-0.4, -0.2) is 78.8 Å². The summed E-state index contributed by atoms with van der Waals surface area (Å²) in [5.41, 5.74) is 0.859. The van der Waals surface area contributed by atoms with Gasteiger partial charge in [-0.15, -0.1) is 11.8 Å². The zero-order valence-electron chi connectivity index (χ0n) is 19.1. The number of methoxy groups -OCH3 is 1. The fourth-order valence-corrected chi connectivity index (χ4v) is 5.27. The number of ether oxygens (including phenoxy) is 5. The van der Waals surface area contributed by atoms with E-state index in [9.17, 15) is 19.2 Å². The third-order valence-electron chi connectivity index (χ3n) is 5.23. The van der Waals surface area contributed by atoms with Gasteiger partial charge < -0.3 is 28.6 Å². The molecule has 186 valence electrons. The second-order valence-corrected chi connectivity index (χ2v) is 9.27. The molecule has 34 heavy (non-hydrogen) atoms. The molecule has 6 atom stereocenters. The van der Waals surface area contributed by atoms with Gasteiger partial charge in [0.2, 0.25) is 5.91 Å². The molecular weight excluding hydrogens is 490 g/mol. The van der Waals surface area contributed by atoms with Crippen molar-refractivity contribution in [2.24, 2.45) is 0 Å². The van der Waals surface area contributed by atoms with Crippen molar-refractivity contribution in [3.05, 3.63) is 34.9 Å². The molecule has 1 amide bonds. The first kappa shape index (κ1) is 26.3. The van der Waals surface area contributed by atoms with E-state index in [2.05, 4.69) is 0 Å². The van der Waals surface area contributed by atoms with E-state index in [0.29, 0.717) is 5.02 Å². The maximum atomic E-state index is 12.8. The Hall–Kier alpha value is -2.34. The molecule has 1 aromatic rings. The molecule has 0 aliphatic carbocycles. The second kappa shape index (κ2) is 11.4. The summed E-state index contributed by atoms with van der Waals surface area (Å²) in [7, 11) is 1.34. The molecule has 2 heterocycles. The fraction of sp³-hybridized carbons (Fsp3) is 0.545. The first-order valence-corrected chi connectivity index (χ1v) is 11.9. The molecule has 3 rings (SSSR count). The maximum Gasteiger partial charge on any atom is 0.303 e. The van der Waals surface area contributed by atoms with Gasteiger partial charge in [0, 0.05) is 32.9 Å². The van der Waals surface area contributed by atoms with E-state index in [1.807, 2.05) is 12.1 Å². The number of hydrogen-bond donors (Lipinski definition) is 0. The van der Waals surface area contributed by atoms with E-state index in [1.165, 1.54) is 39.6 Å². The molecule has 0 spiro atoms. The smallest absolute Gasteiger partial charge is 0.303 e. The Morgan fingerprint density at radius 2 is 1.56 bits per heavy atom. The van der Waals surface area contributed by atoms with Gasteiger partial charge in [0.1, 0.15) is 11.5 Å². The topological polar surface area (TPSA) is 118 Å². The summed E-state index contributed by atoms with van der Waals surface area (Å²) in [5, 5.41) is 0.240. The van der Waals surface area contributed by atoms with Gasteiger partial charge in [0.05, 0.1) is 12.3 Å². The summed E-state index contributed by atoms with van der Waals surface area (Å²) in [6.45, 7) is 3.56. The second-order valence-electron chi connectivity index (χ2n) is 7.76. The van der Waals surface area contributed by atoms with Gasteiger partial charge in [-0.05, 0) is 17.7 Å². The Morgan fingerprint density at radius 3 is 2.12 bits per heavy atom. The minimum Gasteiger partial charge on any atom is -0.456 e. The Morgan fingerprint density at radius 1 is 1.00 bits per heavy atom. The van der Waals surface area contributed by atoms with Gasteiger partial charge >= 0.3 is 17.9 Å². The first-order chi connectivity index (χ1) is 16.1. The highest BCUT2D eigenvalue weighted by Crippen LogP contribution is 2.40.